The largest absolute Gasteiger partial charge is 0.492 e. The van der Waals surface area contributed by atoms with Gasteiger partial charge in [-0.3, -0.25) is 4.79 Å². The summed E-state index contributed by atoms with van der Waals surface area (Å²) in [6, 6.07) is 21.4. The van der Waals surface area contributed by atoms with Crippen molar-refractivity contribution in [2.45, 2.75) is 6.92 Å². The first-order chi connectivity index (χ1) is 17.5. The van der Waals surface area contributed by atoms with Crippen LogP contribution in [0.5, 0.6) is 5.75 Å². The van der Waals surface area contributed by atoms with Gasteiger partial charge in [0.05, 0.1) is 23.7 Å². The van der Waals surface area contributed by atoms with Crippen LogP contribution in [0, 0.1) is 11.6 Å². The topological polar surface area (TPSA) is 50.6 Å². The highest BCUT2D eigenvalue weighted by molar-refractivity contribution is 5.94. The molecule has 2 heterocycles. The second-order valence-corrected chi connectivity index (χ2v) is 8.49. The van der Waals surface area contributed by atoms with Gasteiger partial charge >= 0.3 is 0 Å². The van der Waals surface area contributed by atoms with E-state index in [9.17, 15) is 13.6 Å². The Morgan fingerprint density at radius 3 is 2.19 bits per heavy atom. The molecule has 5 rings (SSSR count). The van der Waals surface area contributed by atoms with Gasteiger partial charge in [0.2, 0.25) is 0 Å². The number of para-hydroxylation sites is 2. The lowest BCUT2D eigenvalue weighted by Crippen LogP contribution is -2.49. The second-order valence-electron chi connectivity index (χ2n) is 8.49. The molecule has 0 atom stereocenters. The molecule has 36 heavy (non-hydrogen) atoms. The Morgan fingerprint density at radius 2 is 1.53 bits per heavy atom. The smallest absolute Gasteiger partial charge is 0.272 e. The van der Waals surface area contributed by atoms with Crippen LogP contribution < -0.4 is 9.64 Å². The predicted octanol–water partition coefficient (Wildman–Crippen LogP) is 5.18. The number of amides is 1. The molecular weight excluding hydrogens is 462 g/mol. The molecule has 1 amide bonds. The SMILES string of the molecule is CCOc1ccccc1N1CCN(C(=O)c2cc(-c3ccc(F)cc3)nn2-c2ccc(F)cc2)CC1. The van der Waals surface area contributed by atoms with Gasteiger partial charge in [0.1, 0.15) is 23.1 Å². The number of benzene rings is 3. The number of anilines is 1. The molecule has 0 saturated carbocycles. The molecule has 184 valence electrons. The van der Waals surface area contributed by atoms with E-state index in [1.807, 2.05) is 31.2 Å². The van der Waals surface area contributed by atoms with Gasteiger partial charge in [-0.25, -0.2) is 13.5 Å². The van der Waals surface area contributed by atoms with Crippen LogP contribution in [0.1, 0.15) is 17.4 Å². The Kier molecular flexibility index (Phi) is 6.66. The first-order valence-corrected chi connectivity index (χ1v) is 11.9. The lowest BCUT2D eigenvalue weighted by Gasteiger charge is -2.36. The summed E-state index contributed by atoms with van der Waals surface area (Å²) in [6.45, 7) is 4.91. The minimum absolute atomic E-state index is 0.169. The fraction of sp³-hybridized carbons (Fsp3) is 0.214. The number of hydrogen-bond donors (Lipinski definition) is 0. The summed E-state index contributed by atoms with van der Waals surface area (Å²) in [4.78, 5) is 17.7. The van der Waals surface area contributed by atoms with Crippen LogP contribution in [0.15, 0.2) is 78.9 Å². The molecule has 0 aliphatic carbocycles. The maximum Gasteiger partial charge on any atom is 0.272 e. The van der Waals surface area contributed by atoms with E-state index in [-0.39, 0.29) is 17.5 Å². The average molecular weight is 489 g/mol. The van der Waals surface area contributed by atoms with Crippen LogP contribution in [0.25, 0.3) is 16.9 Å². The summed E-state index contributed by atoms with van der Waals surface area (Å²) in [5.74, 6) is -0.0613. The third kappa shape index (κ3) is 4.79. The number of piperazine rings is 1. The van der Waals surface area contributed by atoms with Gasteiger partial charge in [0, 0.05) is 31.7 Å². The number of hydrogen-bond acceptors (Lipinski definition) is 4. The standard InChI is InChI=1S/C28H26F2N4O2/c1-2-36-27-6-4-3-5-25(27)32-15-17-33(18-16-32)28(35)26-19-24(20-7-9-21(29)10-8-20)31-34(26)23-13-11-22(30)12-14-23/h3-14,19H,2,15-18H2,1H3. The minimum atomic E-state index is -0.374. The number of rotatable bonds is 6. The average Bonchev–Trinajstić information content (AvgIpc) is 3.35. The van der Waals surface area contributed by atoms with Crippen molar-refractivity contribution in [3.05, 3.63) is 96.2 Å². The van der Waals surface area contributed by atoms with E-state index in [0.717, 1.165) is 11.4 Å². The third-order valence-electron chi connectivity index (χ3n) is 6.21. The lowest BCUT2D eigenvalue weighted by molar-refractivity contribution is 0.0737. The van der Waals surface area contributed by atoms with Gasteiger partial charge in [0.15, 0.2) is 0 Å². The van der Waals surface area contributed by atoms with E-state index >= 15 is 0 Å². The molecule has 1 aliphatic heterocycles. The molecule has 1 saturated heterocycles. The number of halogens is 2. The summed E-state index contributed by atoms with van der Waals surface area (Å²) in [6.07, 6.45) is 0. The van der Waals surface area contributed by atoms with Crippen molar-refractivity contribution >= 4 is 11.6 Å². The highest BCUT2D eigenvalue weighted by Gasteiger charge is 2.27. The monoisotopic (exact) mass is 488 g/mol. The third-order valence-corrected chi connectivity index (χ3v) is 6.21. The van der Waals surface area contributed by atoms with Crippen molar-refractivity contribution in [1.29, 1.82) is 0 Å². The van der Waals surface area contributed by atoms with Gasteiger partial charge in [0.25, 0.3) is 5.91 Å². The molecule has 0 N–H and O–H groups in total. The van der Waals surface area contributed by atoms with Crippen molar-refractivity contribution in [3.8, 4) is 22.7 Å². The van der Waals surface area contributed by atoms with Crippen LogP contribution in [0.4, 0.5) is 14.5 Å². The van der Waals surface area contributed by atoms with Crippen LogP contribution in [-0.4, -0.2) is 53.4 Å². The number of carbonyl (C=O) groups excluding carboxylic acids is 1. The zero-order valence-corrected chi connectivity index (χ0v) is 19.9. The zero-order chi connectivity index (χ0) is 25.1. The summed E-state index contributed by atoms with van der Waals surface area (Å²) >= 11 is 0. The first-order valence-electron chi connectivity index (χ1n) is 11.9. The summed E-state index contributed by atoms with van der Waals surface area (Å²) in [5, 5.41) is 4.62. The summed E-state index contributed by atoms with van der Waals surface area (Å²) < 4.78 is 34.3. The fourth-order valence-corrected chi connectivity index (χ4v) is 4.38. The van der Waals surface area contributed by atoms with Gasteiger partial charge in [-0.2, -0.15) is 5.10 Å². The summed E-state index contributed by atoms with van der Waals surface area (Å²) in [5.41, 5.74) is 3.17. The molecule has 4 aromatic rings. The predicted molar refractivity (Wildman–Crippen MR) is 135 cm³/mol. The molecule has 1 aliphatic rings. The molecular formula is C28H26F2N4O2. The number of nitrogens with zero attached hydrogens (tertiary/aromatic N) is 4. The first kappa shape index (κ1) is 23.5. The van der Waals surface area contributed by atoms with Gasteiger partial charge < -0.3 is 14.5 Å². The van der Waals surface area contributed by atoms with Crippen molar-refractivity contribution in [2.75, 3.05) is 37.7 Å². The summed E-state index contributed by atoms with van der Waals surface area (Å²) in [7, 11) is 0. The molecule has 1 aromatic heterocycles. The van der Waals surface area contributed by atoms with Gasteiger partial charge in [-0.15, -0.1) is 0 Å². The van der Waals surface area contributed by atoms with E-state index in [1.165, 1.54) is 28.9 Å². The van der Waals surface area contributed by atoms with Crippen LogP contribution in [-0.2, 0) is 0 Å². The van der Waals surface area contributed by atoms with Crippen LogP contribution >= 0.6 is 0 Å². The number of aromatic nitrogens is 2. The molecule has 6 nitrogen and oxygen atoms in total. The molecule has 8 heteroatoms. The van der Waals surface area contributed by atoms with Crippen molar-refractivity contribution in [1.82, 2.24) is 14.7 Å². The number of ether oxygens (including phenoxy) is 1. The molecule has 3 aromatic carbocycles. The minimum Gasteiger partial charge on any atom is -0.492 e. The Morgan fingerprint density at radius 1 is 0.889 bits per heavy atom. The lowest BCUT2D eigenvalue weighted by atomic mass is 10.1. The molecule has 0 spiro atoms. The highest BCUT2D eigenvalue weighted by Crippen LogP contribution is 2.29. The van der Waals surface area contributed by atoms with E-state index in [1.54, 1.807) is 35.2 Å². The molecule has 0 radical (unpaired) electrons. The van der Waals surface area contributed by atoms with E-state index in [4.69, 9.17) is 4.74 Å². The molecule has 1 fully saturated rings. The van der Waals surface area contributed by atoms with Crippen LogP contribution in [0.2, 0.25) is 0 Å². The van der Waals surface area contributed by atoms with E-state index in [2.05, 4.69) is 10.00 Å². The van der Waals surface area contributed by atoms with Gasteiger partial charge in [-0.05, 0) is 73.7 Å². The highest BCUT2D eigenvalue weighted by atomic mass is 19.1. The normalized spacial score (nSPS) is 13.6. The Bertz CT molecular complexity index is 1340. The molecule has 0 unspecified atom stereocenters. The Labute approximate surface area is 208 Å². The van der Waals surface area contributed by atoms with Crippen molar-refractivity contribution < 1.29 is 18.3 Å². The van der Waals surface area contributed by atoms with Crippen LogP contribution in [0.3, 0.4) is 0 Å². The van der Waals surface area contributed by atoms with Crippen molar-refractivity contribution in [2.24, 2.45) is 0 Å². The van der Waals surface area contributed by atoms with Gasteiger partial charge in [-0.1, -0.05) is 12.1 Å². The quantitative estimate of drug-likeness (QED) is 0.375. The maximum absolute atomic E-state index is 13.7. The van der Waals surface area contributed by atoms with E-state index in [0.29, 0.717) is 55.4 Å². The Balaban J connectivity index is 1.41. The maximum atomic E-state index is 13.7. The van der Waals surface area contributed by atoms with E-state index < -0.39 is 0 Å². The zero-order valence-electron chi connectivity index (χ0n) is 19.9. The second kappa shape index (κ2) is 10.2. The Hall–Kier alpha value is -4.20. The van der Waals surface area contributed by atoms with Crippen molar-refractivity contribution in [3.63, 3.8) is 0 Å². The fourth-order valence-electron chi connectivity index (χ4n) is 4.38. The molecule has 0 bridgehead atoms. The number of carbonyl (C=O) groups is 1.